The quantitative estimate of drug-likeness (QED) is 0.613. The van der Waals surface area contributed by atoms with Crippen molar-refractivity contribution in [2.75, 3.05) is 0 Å². The molecule has 3 rings (SSSR count). The number of rotatable bonds is 4. The zero-order chi connectivity index (χ0) is 16.8. The van der Waals surface area contributed by atoms with Gasteiger partial charge in [-0.25, -0.2) is 0 Å². The Morgan fingerprint density at radius 1 is 0.708 bits per heavy atom. The van der Waals surface area contributed by atoms with E-state index in [4.69, 9.17) is 33.2 Å². The van der Waals surface area contributed by atoms with E-state index in [0.717, 1.165) is 34.0 Å². The van der Waals surface area contributed by atoms with Gasteiger partial charge in [0.05, 0.1) is 12.1 Å². The predicted octanol–water partition coefficient (Wildman–Crippen LogP) is 5.84. The molecule has 2 aromatic carbocycles. The summed E-state index contributed by atoms with van der Waals surface area (Å²) >= 11 is 12.4. The van der Waals surface area contributed by atoms with Crippen LogP contribution in [0.2, 0.25) is 10.0 Å². The molecule has 1 fully saturated rings. The highest BCUT2D eigenvalue weighted by Gasteiger charge is 2.23. The highest BCUT2D eigenvalue weighted by molar-refractivity contribution is 6.33. The average Bonchev–Trinajstić information content (AvgIpc) is 2.61. The Bertz CT molecular complexity index is 676. The van der Waals surface area contributed by atoms with E-state index >= 15 is 0 Å². The Morgan fingerprint density at radius 3 is 1.54 bits per heavy atom. The molecule has 1 saturated carbocycles. The Morgan fingerprint density at radius 2 is 1.12 bits per heavy atom. The van der Waals surface area contributed by atoms with Gasteiger partial charge in [0, 0.05) is 33.6 Å². The zero-order valence-electron chi connectivity index (χ0n) is 13.4. The molecule has 0 spiro atoms. The van der Waals surface area contributed by atoms with Gasteiger partial charge >= 0.3 is 0 Å². The number of hydrogen-bond donors (Lipinski definition) is 0. The van der Waals surface area contributed by atoms with Crippen molar-refractivity contribution >= 4 is 35.6 Å². The number of aliphatic imine (C=N–C) groups is 2. The third kappa shape index (κ3) is 4.46. The van der Waals surface area contributed by atoms with Gasteiger partial charge in [-0.2, -0.15) is 0 Å². The molecule has 2 nitrogen and oxygen atoms in total. The van der Waals surface area contributed by atoms with Gasteiger partial charge in [0.25, 0.3) is 0 Å². The van der Waals surface area contributed by atoms with Crippen LogP contribution in [0.25, 0.3) is 0 Å². The van der Waals surface area contributed by atoms with Gasteiger partial charge in [-0.1, -0.05) is 72.4 Å². The van der Waals surface area contributed by atoms with E-state index in [9.17, 15) is 0 Å². The molecule has 0 unspecified atom stereocenters. The van der Waals surface area contributed by atoms with Gasteiger partial charge in [0.15, 0.2) is 0 Å². The Balaban J connectivity index is 1.74. The van der Waals surface area contributed by atoms with Crippen LogP contribution in [-0.4, -0.2) is 24.5 Å². The van der Waals surface area contributed by atoms with E-state index in [1.54, 1.807) is 0 Å². The molecule has 0 amide bonds. The fraction of sp³-hybridized carbons (Fsp3) is 0.300. The first kappa shape index (κ1) is 17.2. The van der Waals surface area contributed by atoms with Crippen molar-refractivity contribution in [1.29, 1.82) is 0 Å². The first-order valence-electron chi connectivity index (χ1n) is 8.29. The normalized spacial score (nSPS) is 21.6. The van der Waals surface area contributed by atoms with Gasteiger partial charge in [-0.05, 0) is 25.0 Å². The predicted molar refractivity (Wildman–Crippen MR) is 104 cm³/mol. The van der Waals surface area contributed by atoms with E-state index in [-0.39, 0.29) is 12.1 Å². The summed E-state index contributed by atoms with van der Waals surface area (Å²) in [5.41, 5.74) is 1.91. The minimum absolute atomic E-state index is 0.203. The highest BCUT2D eigenvalue weighted by Crippen LogP contribution is 2.25. The lowest BCUT2D eigenvalue weighted by Gasteiger charge is -2.25. The zero-order valence-corrected chi connectivity index (χ0v) is 14.9. The SMILES string of the molecule is Clc1ccccc1C=N[C@H]1CCCC[C@@H]1N=Cc1ccccc1Cl. The van der Waals surface area contributed by atoms with Crippen LogP contribution < -0.4 is 0 Å². The summed E-state index contributed by atoms with van der Waals surface area (Å²) in [7, 11) is 0. The third-order valence-electron chi connectivity index (χ3n) is 4.31. The summed E-state index contributed by atoms with van der Waals surface area (Å²) in [4.78, 5) is 9.55. The largest absolute Gasteiger partial charge is 0.287 e. The molecule has 1 aliphatic carbocycles. The fourth-order valence-electron chi connectivity index (χ4n) is 2.95. The lowest BCUT2D eigenvalue weighted by molar-refractivity contribution is 0.390. The number of hydrogen-bond acceptors (Lipinski definition) is 2. The Labute approximate surface area is 153 Å². The number of halogens is 2. The minimum atomic E-state index is 0.203. The molecule has 0 radical (unpaired) electrons. The Hall–Kier alpha value is -1.64. The molecule has 124 valence electrons. The van der Waals surface area contributed by atoms with Crippen LogP contribution in [0.4, 0.5) is 0 Å². The maximum absolute atomic E-state index is 6.20. The van der Waals surface area contributed by atoms with Crippen LogP contribution in [0.5, 0.6) is 0 Å². The lowest BCUT2D eigenvalue weighted by atomic mass is 9.91. The second kappa shape index (κ2) is 8.46. The second-order valence-corrected chi connectivity index (χ2v) is 6.83. The summed E-state index contributed by atoms with van der Waals surface area (Å²) in [6.07, 6.45) is 8.29. The van der Waals surface area contributed by atoms with Crippen molar-refractivity contribution in [3.05, 3.63) is 69.7 Å². The van der Waals surface area contributed by atoms with Crippen LogP contribution in [0, 0.1) is 0 Å². The Kier molecular flexibility index (Phi) is 6.06. The lowest BCUT2D eigenvalue weighted by Crippen LogP contribution is -2.27. The molecule has 4 heteroatoms. The molecule has 0 aromatic heterocycles. The van der Waals surface area contributed by atoms with Crippen molar-refractivity contribution in [3.63, 3.8) is 0 Å². The molecule has 2 atom stereocenters. The summed E-state index contributed by atoms with van der Waals surface area (Å²) in [5, 5.41) is 1.46. The van der Waals surface area contributed by atoms with Crippen molar-refractivity contribution in [3.8, 4) is 0 Å². The van der Waals surface area contributed by atoms with Crippen LogP contribution in [0.3, 0.4) is 0 Å². The van der Waals surface area contributed by atoms with E-state index in [0.29, 0.717) is 0 Å². The molecular weight excluding hydrogens is 339 g/mol. The monoisotopic (exact) mass is 358 g/mol. The molecule has 0 heterocycles. The van der Waals surface area contributed by atoms with E-state index < -0.39 is 0 Å². The van der Waals surface area contributed by atoms with Crippen molar-refractivity contribution in [2.24, 2.45) is 9.98 Å². The molecule has 0 saturated heterocycles. The van der Waals surface area contributed by atoms with Crippen LogP contribution >= 0.6 is 23.2 Å². The standard InChI is InChI=1S/C20H20Cl2N2/c21-17-9-3-1-7-15(17)13-23-19-11-5-6-12-20(19)24-14-16-8-2-4-10-18(16)22/h1-4,7-10,13-14,19-20H,5-6,11-12H2/t19-,20-/m0/s1. The van der Waals surface area contributed by atoms with E-state index in [2.05, 4.69) is 0 Å². The molecule has 2 aromatic rings. The van der Waals surface area contributed by atoms with Crippen LogP contribution in [0.1, 0.15) is 36.8 Å². The van der Waals surface area contributed by atoms with Crippen molar-refractivity contribution < 1.29 is 0 Å². The second-order valence-electron chi connectivity index (χ2n) is 6.02. The molecule has 0 aliphatic heterocycles. The third-order valence-corrected chi connectivity index (χ3v) is 5.00. The van der Waals surface area contributed by atoms with Crippen molar-refractivity contribution in [1.82, 2.24) is 0 Å². The van der Waals surface area contributed by atoms with Gasteiger partial charge in [-0.15, -0.1) is 0 Å². The van der Waals surface area contributed by atoms with Gasteiger partial charge < -0.3 is 0 Å². The van der Waals surface area contributed by atoms with Gasteiger partial charge in [0.2, 0.25) is 0 Å². The van der Waals surface area contributed by atoms with Crippen LogP contribution in [0.15, 0.2) is 58.5 Å². The topological polar surface area (TPSA) is 24.7 Å². The summed E-state index contributed by atoms with van der Waals surface area (Å²) < 4.78 is 0. The molecule has 1 aliphatic rings. The van der Waals surface area contributed by atoms with Crippen molar-refractivity contribution in [2.45, 2.75) is 37.8 Å². The maximum atomic E-state index is 6.20. The summed E-state index contributed by atoms with van der Waals surface area (Å²) in [6.45, 7) is 0. The van der Waals surface area contributed by atoms with E-state index in [1.165, 1.54) is 12.8 Å². The summed E-state index contributed by atoms with van der Waals surface area (Å²) in [5.74, 6) is 0. The number of nitrogens with zero attached hydrogens (tertiary/aromatic N) is 2. The average molecular weight is 359 g/mol. The molecular formula is C20H20Cl2N2. The van der Waals surface area contributed by atoms with E-state index in [1.807, 2.05) is 61.0 Å². The highest BCUT2D eigenvalue weighted by atomic mass is 35.5. The maximum Gasteiger partial charge on any atom is 0.0723 e. The van der Waals surface area contributed by atoms with Gasteiger partial charge in [-0.3, -0.25) is 9.98 Å². The molecule has 0 N–H and O–H groups in total. The summed E-state index contributed by atoms with van der Waals surface area (Å²) in [6, 6.07) is 15.9. The van der Waals surface area contributed by atoms with Gasteiger partial charge in [0.1, 0.15) is 0 Å². The molecule has 24 heavy (non-hydrogen) atoms. The smallest absolute Gasteiger partial charge is 0.0723 e. The first-order valence-corrected chi connectivity index (χ1v) is 9.05. The number of benzene rings is 2. The van der Waals surface area contributed by atoms with Crippen LogP contribution in [-0.2, 0) is 0 Å². The minimum Gasteiger partial charge on any atom is -0.287 e. The first-order chi connectivity index (χ1) is 11.7. The fourth-order valence-corrected chi connectivity index (χ4v) is 3.32. The molecule has 0 bridgehead atoms.